The summed E-state index contributed by atoms with van der Waals surface area (Å²) in [7, 11) is 0. The molecular weight excluding hydrogens is 503 g/mol. The van der Waals surface area contributed by atoms with Gasteiger partial charge in [-0.05, 0) is 25.7 Å². The van der Waals surface area contributed by atoms with Crippen molar-refractivity contribution in [2.75, 3.05) is 0 Å². The molecule has 4 heterocycles. The van der Waals surface area contributed by atoms with Gasteiger partial charge in [-0.25, -0.2) is 19.6 Å². The molecule has 0 saturated carbocycles. The summed E-state index contributed by atoms with van der Waals surface area (Å²) >= 11 is 12.1. The number of H-pyrrole nitrogens is 2. The van der Waals surface area contributed by atoms with Gasteiger partial charge >= 0.3 is 11.4 Å². The molecule has 0 spiro atoms. The van der Waals surface area contributed by atoms with Crippen molar-refractivity contribution in [1.82, 2.24) is 29.1 Å². The topological polar surface area (TPSA) is 151 Å². The minimum Gasteiger partial charge on any atom is -0.326 e. The SMILES string of the molecule is CCC(CC)n1c(=O)[nH]c2ncc(Cl)c(C#N)c21.CCC(CC)n1c(=O)[nH]c2ncc(Cl)c(CN)c21. The van der Waals surface area contributed by atoms with Crippen LogP contribution in [-0.4, -0.2) is 29.1 Å². The van der Waals surface area contributed by atoms with E-state index < -0.39 is 0 Å². The van der Waals surface area contributed by atoms with Crippen LogP contribution in [0.5, 0.6) is 0 Å². The molecule has 0 radical (unpaired) electrons. The maximum Gasteiger partial charge on any atom is 0.327 e. The van der Waals surface area contributed by atoms with E-state index >= 15 is 0 Å². The van der Waals surface area contributed by atoms with Crippen LogP contribution in [0.4, 0.5) is 0 Å². The monoisotopic (exact) mass is 532 g/mol. The number of hydrogen-bond donors (Lipinski definition) is 3. The Kier molecular flexibility index (Phi) is 8.95. The van der Waals surface area contributed by atoms with Crippen molar-refractivity contribution < 1.29 is 0 Å². The van der Waals surface area contributed by atoms with E-state index in [1.807, 2.05) is 19.9 Å². The van der Waals surface area contributed by atoms with Gasteiger partial charge in [-0.15, -0.1) is 0 Å². The molecule has 4 aromatic rings. The number of aromatic amines is 2. The molecule has 0 unspecified atom stereocenters. The molecule has 0 aliphatic rings. The summed E-state index contributed by atoms with van der Waals surface area (Å²) in [6.07, 6.45) is 6.27. The second-order valence-electron chi connectivity index (χ2n) is 8.32. The second kappa shape index (κ2) is 11.7. The van der Waals surface area contributed by atoms with Gasteiger partial charge in [0.1, 0.15) is 11.6 Å². The minimum absolute atomic E-state index is 0.0404. The third-order valence-electron chi connectivity index (χ3n) is 6.41. The van der Waals surface area contributed by atoms with Crippen molar-refractivity contribution >= 4 is 45.5 Å². The van der Waals surface area contributed by atoms with Crippen LogP contribution in [0.25, 0.3) is 22.3 Å². The predicted molar refractivity (Wildman–Crippen MR) is 143 cm³/mol. The molecule has 0 aliphatic heterocycles. The number of nitrogens with two attached hydrogens (primary N) is 1. The molecule has 0 fully saturated rings. The number of hydrogen-bond acceptors (Lipinski definition) is 6. The van der Waals surface area contributed by atoms with E-state index in [1.165, 1.54) is 12.4 Å². The highest BCUT2D eigenvalue weighted by Crippen LogP contribution is 2.27. The van der Waals surface area contributed by atoms with E-state index in [0.29, 0.717) is 27.4 Å². The summed E-state index contributed by atoms with van der Waals surface area (Å²) in [5.74, 6) is 0. The summed E-state index contributed by atoms with van der Waals surface area (Å²) in [4.78, 5) is 37.7. The predicted octanol–water partition coefficient (Wildman–Crippen LogP) is 4.81. The van der Waals surface area contributed by atoms with Crippen molar-refractivity contribution in [2.24, 2.45) is 5.73 Å². The molecule has 12 heteroatoms. The van der Waals surface area contributed by atoms with Crippen molar-refractivity contribution in [3.8, 4) is 6.07 Å². The first-order valence-electron chi connectivity index (χ1n) is 11.9. The fourth-order valence-electron chi connectivity index (χ4n) is 4.50. The summed E-state index contributed by atoms with van der Waals surface area (Å²) < 4.78 is 3.32. The third-order valence-corrected chi connectivity index (χ3v) is 7.03. The quantitative estimate of drug-likeness (QED) is 0.310. The summed E-state index contributed by atoms with van der Waals surface area (Å²) in [5, 5.41) is 9.96. The first-order valence-corrected chi connectivity index (χ1v) is 12.7. The lowest BCUT2D eigenvalue weighted by Crippen LogP contribution is -2.22. The van der Waals surface area contributed by atoms with Crippen LogP contribution in [0, 0.1) is 11.3 Å². The van der Waals surface area contributed by atoms with Gasteiger partial charge in [0.2, 0.25) is 0 Å². The average molecular weight is 533 g/mol. The molecule has 10 nitrogen and oxygen atoms in total. The highest BCUT2D eigenvalue weighted by molar-refractivity contribution is 6.32. The Hall–Kier alpha value is -3.13. The van der Waals surface area contributed by atoms with Crippen molar-refractivity contribution in [3.63, 3.8) is 0 Å². The zero-order valence-corrected chi connectivity index (χ0v) is 22.2. The van der Waals surface area contributed by atoms with Gasteiger partial charge < -0.3 is 5.73 Å². The van der Waals surface area contributed by atoms with E-state index in [2.05, 4.69) is 33.8 Å². The Morgan fingerprint density at radius 3 is 1.78 bits per heavy atom. The molecular formula is C24H30Cl2N8O2. The Morgan fingerprint density at radius 1 is 0.889 bits per heavy atom. The van der Waals surface area contributed by atoms with Crippen LogP contribution >= 0.6 is 23.2 Å². The largest absolute Gasteiger partial charge is 0.327 e. The van der Waals surface area contributed by atoms with Crippen LogP contribution in [-0.2, 0) is 6.54 Å². The minimum atomic E-state index is -0.245. The average Bonchev–Trinajstić information content (AvgIpc) is 3.38. The van der Waals surface area contributed by atoms with Gasteiger partial charge in [-0.1, -0.05) is 50.9 Å². The zero-order chi connectivity index (χ0) is 26.6. The van der Waals surface area contributed by atoms with Gasteiger partial charge in [0.15, 0.2) is 11.3 Å². The van der Waals surface area contributed by atoms with Gasteiger partial charge in [-0.3, -0.25) is 19.1 Å². The molecule has 0 atom stereocenters. The maximum atomic E-state index is 12.1. The highest BCUT2D eigenvalue weighted by atomic mass is 35.5. The van der Waals surface area contributed by atoms with Crippen molar-refractivity contribution in [2.45, 2.75) is 72.0 Å². The first-order chi connectivity index (χ1) is 17.3. The summed E-state index contributed by atoms with van der Waals surface area (Å²) in [6.45, 7) is 8.40. The van der Waals surface area contributed by atoms with E-state index in [4.69, 9.17) is 28.9 Å². The lowest BCUT2D eigenvalue weighted by Gasteiger charge is -2.16. The molecule has 4 aromatic heterocycles. The standard InChI is InChI=1S/C12H17ClN4O.C12H13ClN4O/c2*1-3-7(4-2)17-10-8(5-14)9(13)6-15-11(10)16-12(17)18/h6-7H,3-5,14H2,1-2H3,(H,15,16,18);6-7H,3-4H2,1-2H3,(H,15,16,18). The van der Waals surface area contributed by atoms with Crippen molar-refractivity contribution in [3.05, 3.63) is 54.5 Å². The second-order valence-corrected chi connectivity index (χ2v) is 9.13. The number of nitriles is 1. The first kappa shape index (κ1) is 27.5. The smallest absolute Gasteiger partial charge is 0.326 e. The Balaban J connectivity index is 0.000000201. The van der Waals surface area contributed by atoms with Crippen LogP contribution in [0.1, 0.15) is 76.6 Å². The van der Waals surface area contributed by atoms with Gasteiger partial charge in [0.05, 0.1) is 21.1 Å². The van der Waals surface area contributed by atoms with Crippen molar-refractivity contribution in [1.29, 1.82) is 5.26 Å². The fourth-order valence-corrected chi connectivity index (χ4v) is 4.90. The number of rotatable bonds is 7. The fraction of sp³-hybridized carbons (Fsp3) is 0.458. The van der Waals surface area contributed by atoms with Crippen LogP contribution < -0.4 is 17.1 Å². The lowest BCUT2D eigenvalue weighted by molar-refractivity contribution is 0.471. The molecule has 4 N–H and O–H groups in total. The molecule has 0 aromatic carbocycles. The lowest BCUT2D eigenvalue weighted by atomic mass is 10.1. The van der Waals surface area contributed by atoms with Crippen LogP contribution in [0.3, 0.4) is 0 Å². The van der Waals surface area contributed by atoms with Crippen LogP contribution in [0.2, 0.25) is 10.0 Å². The highest BCUT2D eigenvalue weighted by Gasteiger charge is 2.20. The summed E-state index contributed by atoms with van der Waals surface area (Å²) in [6, 6.07) is 2.22. The van der Waals surface area contributed by atoms with Gasteiger partial charge in [0, 0.05) is 36.6 Å². The molecule has 0 aliphatic carbocycles. The Morgan fingerprint density at radius 2 is 1.33 bits per heavy atom. The van der Waals surface area contributed by atoms with E-state index in [-0.39, 0.29) is 35.0 Å². The zero-order valence-electron chi connectivity index (χ0n) is 20.7. The third kappa shape index (κ3) is 4.91. The molecule has 0 bridgehead atoms. The summed E-state index contributed by atoms with van der Waals surface area (Å²) in [5.41, 5.74) is 8.62. The number of nitrogens with zero attached hydrogens (tertiary/aromatic N) is 5. The molecule has 36 heavy (non-hydrogen) atoms. The molecule has 0 saturated heterocycles. The Labute approximate surface area is 218 Å². The van der Waals surface area contributed by atoms with E-state index in [9.17, 15) is 14.9 Å². The molecule has 4 rings (SSSR count). The number of nitrogens with one attached hydrogen (secondary N) is 2. The van der Waals surface area contributed by atoms with E-state index in [1.54, 1.807) is 9.13 Å². The number of imidazole rings is 2. The number of fused-ring (bicyclic) bond motifs is 2. The number of pyridine rings is 2. The van der Waals surface area contributed by atoms with Gasteiger partial charge in [0.25, 0.3) is 0 Å². The molecule has 192 valence electrons. The number of aromatic nitrogens is 6. The maximum absolute atomic E-state index is 12.1. The van der Waals surface area contributed by atoms with Crippen LogP contribution in [0.15, 0.2) is 22.0 Å². The van der Waals surface area contributed by atoms with E-state index in [0.717, 1.165) is 36.8 Å². The Bertz CT molecular complexity index is 1520. The number of halogens is 2. The molecule has 0 amide bonds. The van der Waals surface area contributed by atoms with Gasteiger partial charge in [-0.2, -0.15) is 5.26 Å². The normalized spacial score (nSPS) is 11.3.